The Kier molecular flexibility index (Phi) is 2.23. The van der Waals surface area contributed by atoms with Gasteiger partial charge in [0.1, 0.15) is 0 Å². The zero-order valence-corrected chi connectivity index (χ0v) is 7.67. The molecule has 0 saturated heterocycles. The molecular formula is C6H7OSb. The molecule has 0 aliphatic carbocycles. The molecule has 1 aromatic rings. The number of hydrogen-bond donors (Lipinski definition) is 0. The van der Waals surface area contributed by atoms with Crippen LogP contribution in [0.15, 0.2) is 30.3 Å². The fourth-order valence-electron chi connectivity index (χ4n) is 0.532. The predicted molar refractivity (Wildman–Crippen MR) is 35.3 cm³/mol. The first-order chi connectivity index (χ1) is 3.93. The van der Waals surface area contributed by atoms with E-state index in [0.29, 0.717) is 0 Å². The van der Waals surface area contributed by atoms with E-state index in [9.17, 15) is 3.02 Å². The third-order valence-corrected chi connectivity index (χ3v) is 2.81. The summed E-state index contributed by atoms with van der Waals surface area (Å²) in [6.07, 6.45) is 0. The monoisotopic (exact) mass is 216 g/mol. The van der Waals surface area contributed by atoms with Crippen molar-refractivity contribution in [2.45, 2.75) is 0 Å². The summed E-state index contributed by atoms with van der Waals surface area (Å²) in [5, 5.41) is 0. The molecule has 1 aromatic carbocycles. The van der Waals surface area contributed by atoms with Crippen molar-refractivity contribution in [1.82, 2.24) is 0 Å². The second-order valence-corrected chi connectivity index (χ2v) is 4.10. The van der Waals surface area contributed by atoms with Gasteiger partial charge in [0.25, 0.3) is 0 Å². The van der Waals surface area contributed by atoms with E-state index >= 15 is 0 Å². The first kappa shape index (κ1) is 5.97. The summed E-state index contributed by atoms with van der Waals surface area (Å²) in [5.41, 5.74) is 0. The molecule has 1 rings (SSSR count). The van der Waals surface area contributed by atoms with Gasteiger partial charge in [0.15, 0.2) is 0 Å². The van der Waals surface area contributed by atoms with Gasteiger partial charge in [-0.3, -0.25) is 0 Å². The standard InChI is InChI=1S/C6H5.O.Sb.2H/c1-2-4-6-5-3-1;;;;/h1-5H;;;;. The molecule has 0 aromatic heterocycles. The zero-order valence-electron chi connectivity index (χ0n) is 4.37. The first-order valence-electron chi connectivity index (χ1n) is 2.44. The van der Waals surface area contributed by atoms with Crippen molar-refractivity contribution in [1.29, 1.82) is 0 Å². The molecule has 0 aliphatic heterocycles. The van der Waals surface area contributed by atoms with E-state index in [0.717, 1.165) is 3.51 Å². The van der Waals surface area contributed by atoms with E-state index in [1.807, 2.05) is 30.3 Å². The van der Waals surface area contributed by atoms with Gasteiger partial charge in [-0.2, -0.15) is 0 Å². The Morgan fingerprint density at radius 2 is 1.75 bits per heavy atom. The number of benzene rings is 1. The maximum atomic E-state index is 10.3. The normalized spacial score (nSPS) is 10.5. The summed E-state index contributed by atoms with van der Waals surface area (Å²) in [5.74, 6) is 0. The molecule has 0 aliphatic rings. The average molecular weight is 217 g/mol. The topological polar surface area (TPSA) is 17.1 Å². The van der Waals surface area contributed by atoms with Crippen LogP contribution >= 0.6 is 0 Å². The van der Waals surface area contributed by atoms with Gasteiger partial charge in [0, 0.05) is 0 Å². The Morgan fingerprint density at radius 1 is 1.12 bits per heavy atom. The van der Waals surface area contributed by atoms with Gasteiger partial charge in [-0.25, -0.2) is 0 Å². The molecule has 0 radical (unpaired) electrons. The van der Waals surface area contributed by atoms with Gasteiger partial charge in [0.2, 0.25) is 0 Å². The maximum absolute atomic E-state index is 10.3. The SMILES string of the molecule is [O]=[SbH2][c]1ccccc1. The molecule has 8 heavy (non-hydrogen) atoms. The van der Waals surface area contributed by atoms with Gasteiger partial charge in [-0.05, 0) is 0 Å². The Labute approximate surface area is 58.6 Å². The van der Waals surface area contributed by atoms with Crippen molar-refractivity contribution in [3.05, 3.63) is 30.3 Å². The van der Waals surface area contributed by atoms with E-state index in [1.54, 1.807) is 0 Å². The summed E-state index contributed by atoms with van der Waals surface area (Å²) in [4.78, 5) is 0. The molecule has 0 unspecified atom stereocenters. The van der Waals surface area contributed by atoms with Crippen LogP contribution in [0.1, 0.15) is 0 Å². The Balaban J connectivity index is 2.99. The third-order valence-electron chi connectivity index (χ3n) is 0.936. The summed E-state index contributed by atoms with van der Waals surface area (Å²) in [6.45, 7) is 0. The van der Waals surface area contributed by atoms with E-state index in [-0.39, 0.29) is 0 Å². The molecule has 0 amide bonds. The van der Waals surface area contributed by atoms with Crippen LogP contribution in [0.25, 0.3) is 0 Å². The molecule has 0 heterocycles. The molecule has 0 fully saturated rings. The third kappa shape index (κ3) is 1.41. The zero-order chi connectivity index (χ0) is 5.82. The van der Waals surface area contributed by atoms with Crippen molar-refractivity contribution in [3.63, 3.8) is 0 Å². The fraction of sp³-hybridized carbons (Fsp3) is 0. The van der Waals surface area contributed by atoms with Crippen LogP contribution in [0.5, 0.6) is 0 Å². The van der Waals surface area contributed by atoms with E-state index in [4.69, 9.17) is 0 Å². The second-order valence-electron chi connectivity index (χ2n) is 1.53. The summed E-state index contributed by atoms with van der Waals surface area (Å²) in [7, 11) is 0. The molecular weight excluding hydrogens is 210 g/mol. The van der Waals surface area contributed by atoms with Crippen LogP contribution in [0.3, 0.4) is 0 Å². The van der Waals surface area contributed by atoms with Crippen LogP contribution < -0.4 is 3.51 Å². The Morgan fingerprint density at radius 3 is 2.12 bits per heavy atom. The molecule has 0 atom stereocenters. The number of hydrogen-bond acceptors (Lipinski definition) is 1. The number of rotatable bonds is 1. The summed E-state index contributed by atoms with van der Waals surface area (Å²) in [6, 6.07) is 9.59. The van der Waals surface area contributed by atoms with Crippen LogP contribution in [0.4, 0.5) is 0 Å². The molecule has 0 bridgehead atoms. The van der Waals surface area contributed by atoms with Gasteiger partial charge in [-0.15, -0.1) is 0 Å². The van der Waals surface area contributed by atoms with Crippen molar-refractivity contribution in [3.8, 4) is 0 Å². The summed E-state index contributed by atoms with van der Waals surface area (Å²) < 4.78 is 11.4. The molecule has 0 spiro atoms. The van der Waals surface area contributed by atoms with Crippen molar-refractivity contribution < 1.29 is 3.02 Å². The quantitative estimate of drug-likeness (QED) is 0.596. The minimum atomic E-state index is -1.54. The van der Waals surface area contributed by atoms with Gasteiger partial charge in [-0.1, -0.05) is 0 Å². The Hall–Kier alpha value is -0.162. The van der Waals surface area contributed by atoms with Crippen LogP contribution in [0.2, 0.25) is 0 Å². The van der Waals surface area contributed by atoms with E-state index in [1.165, 1.54) is 0 Å². The predicted octanol–water partition coefficient (Wildman–Crippen LogP) is -0.174. The summed E-state index contributed by atoms with van der Waals surface area (Å²) >= 11 is -1.54. The van der Waals surface area contributed by atoms with Crippen molar-refractivity contribution in [2.75, 3.05) is 0 Å². The molecule has 0 N–H and O–H groups in total. The van der Waals surface area contributed by atoms with Gasteiger partial charge < -0.3 is 0 Å². The van der Waals surface area contributed by atoms with Crippen LogP contribution in [-0.2, 0) is 3.02 Å². The fourth-order valence-corrected chi connectivity index (χ4v) is 1.61. The van der Waals surface area contributed by atoms with Crippen LogP contribution in [-0.4, -0.2) is 21.6 Å². The van der Waals surface area contributed by atoms with E-state index < -0.39 is 21.6 Å². The Bertz CT molecular complexity index is 171. The van der Waals surface area contributed by atoms with Crippen molar-refractivity contribution >= 4 is 25.1 Å². The van der Waals surface area contributed by atoms with Crippen LogP contribution in [0, 0.1) is 0 Å². The average Bonchev–Trinajstić information content (AvgIpc) is 1.90. The second kappa shape index (κ2) is 2.98. The van der Waals surface area contributed by atoms with E-state index in [2.05, 4.69) is 0 Å². The van der Waals surface area contributed by atoms with Crippen molar-refractivity contribution in [2.24, 2.45) is 0 Å². The van der Waals surface area contributed by atoms with Gasteiger partial charge in [0.05, 0.1) is 0 Å². The first-order valence-corrected chi connectivity index (χ1v) is 5.43. The minimum absolute atomic E-state index is 1.04. The molecule has 42 valence electrons. The molecule has 1 nitrogen and oxygen atoms in total. The molecule has 0 saturated carbocycles. The van der Waals surface area contributed by atoms with Gasteiger partial charge >= 0.3 is 58.5 Å². The molecule has 2 heteroatoms.